The Morgan fingerprint density at radius 2 is 2.10 bits per heavy atom. The van der Waals surface area contributed by atoms with E-state index in [-0.39, 0.29) is 4.75 Å². The van der Waals surface area contributed by atoms with E-state index in [0.29, 0.717) is 5.92 Å². The lowest BCUT2D eigenvalue weighted by molar-refractivity contribution is 0.651. The maximum Gasteiger partial charge on any atom is 0.144 e. The van der Waals surface area contributed by atoms with Crippen molar-refractivity contribution < 1.29 is 4.21 Å². The minimum atomic E-state index is -1.26. The lowest BCUT2D eigenvalue weighted by Crippen LogP contribution is -2.19. The average Bonchev–Trinajstić information content (AvgIpc) is 3.15. The standard InChI is InChI=1S/C15H18BrN3OS/c1-15(2,3)21(20)17-9-12-8-13-6-11(10-4-5-10)7-14(16)19(13)18-12/h6-10H,4-5H2,1-3H3/b17-9+/t21-/m1/s1. The van der Waals surface area contributed by atoms with Crippen LogP contribution in [0.2, 0.25) is 0 Å². The smallest absolute Gasteiger partial charge is 0.144 e. The minimum absolute atomic E-state index is 0.352. The number of hydrogen-bond acceptors (Lipinski definition) is 2. The van der Waals surface area contributed by atoms with Gasteiger partial charge in [0.25, 0.3) is 0 Å². The number of rotatable bonds is 3. The van der Waals surface area contributed by atoms with E-state index in [1.807, 2.05) is 31.4 Å². The van der Waals surface area contributed by atoms with E-state index in [1.54, 1.807) is 6.21 Å². The first-order chi connectivity index (χ1) is 9.84. The molecule has 0 aliphatic heterocycles. The van der Waals surface area contributed by atoms with Gasteiger partial charge in [-0.3, -0.25) is 0 Å². The van der Waals surface area contributed by atoms with Gasteiger partial charge in [-0.15, -0.1) is 0 Å². The number of aromatic nitrogens is 2. The average molecular weight is 368 g/mol. The van der Waals surface area contributed by atoms with Crippen LogP contribution in [0, 0.1) is 0 Å². The van der Waals surface area contributed by atoms with Crippen LogP contribution < -0.4 is 0 Å². The van der Waals surface area contributed by atoms with E-state index >= 15 is 0 Å². The summed E-state index contributed by atoms with van der Waals surface area (Å²) in [4.78, 5) is 0. The molecule has 1 fully saturated rings. The van der Waals surface area contributed by atoms with E-state index in [2.05, 4.69) is 37.6 Å². The van der Waals surface area contributed by atoms with E-state index in [0.717, 1.165) is 15.8 Å². The molecule has 2 aromatic rings. The fraction of sp³-hybridized carbons (Fsp3) is 0.467. The van der Waals surface area contributed by atoms with Gasteiger partial charge in [-0.2, -0.15) is 9.50 Å². The van der Waals surface area contributed by atoms with Crippen molar-refractivity contribution in [3.8, 4) is 0 Å². The zero-order valence-corrected chi connectivity index (χ0v) is 14.7. The summed E-state index contributed by atoms with van der Waals surface area (Å²) < 4.78 is 18.5. The summed E-state index contributed by atoms with van der Waals surface area (Å²) in [5.41, 5.74) is 3.12. The molecule has 2 aromatic heterocycles. The Hall–Kier alpha value is -1.01. The van der Waals surface area contributed by atoms with Crippen LogP contribution in [0.25, 0.3) is 5.52 Å². The quantitative estimate of drug-likeness (QED) is 0.610. The maximum atomic E-state index is 11.9. The molecule has 1 saturated carbocycles. The molecular formula is C15H18BrN3OS. The fourth-order valence-corrected chi connectivity index (χ4v) is 3.14. The Balaban J connectivity index is 1.92. The van der Waals surface area contributed by atoms with E-state index in [4.69, 9.17) is 0 Å². The summed E-state index contributed by atoms with van der Waals surface area (Å²) in [5, 5.41) is 4.47. The maximum absolute atomic E-state index is 11.9. The lowest BCUT2D eigenvalue weighted by atomic mass is 10.1. The van der Waals surface area contributed by atoms with Crippen molar-refractivity contribution in [3.63, 3.8) is 0 Å². The molecule has 1 aliphatic rings. The number of pyridine rings is 1. The van der Waals surface area contributed by atoms with Gasteiger partial charge in [-0.1, -0.05) is 0 Å². The van der Waals surface area contributed by atoms with Crippen molar-refractivity contribution in [3.05, 3.63) is 34.1 Å². The van der Waals surface area contributed by atoms with Crippen molar-refractivity contribution in [1.82, 2.24) is 9.61 Å². The topological polar surface area (TPSA) is 46.7 Å². The van der Waals surface area contributed by atoms with Gasteiger partial charge in [-0.25, -0.2) is 8.72 Å². The second-order valence-corrected chi connectivity index (χ2v) is 9.13. The lowest BCUT2D eigenvalue weighted by Gasteiger charge is -2.12. The third kappa shape index (κ3) is 3.26. The van der Waals surface area contributed by atoms with Gasteiger partial charge in [-0.05, 0) is 79.2 Å². The van der Waals surface area contributed by atoms with Gasteiger partial charge >= 0.3 is 0 Å². The first-order valence-corrected chi connectivity index (χ1v) is 8.90. The largest absolute Gasteiger partial charge is 0.234 e. The summed E-state index contributed by atoms with van der Waals surface area (Å²) in [6.45, 7) is 5.72. The molecular weight excluding hydrogens is 350 g/mol. The molecule has 2 heterocycles. The highest BCUT2D eigenvalue weighted by atomic mass is 79.9. The SMILES string of the molecule is CC(C)(C)[S@@](=O)/N=C/c1cc2cc(C3CC3)cc(Br)n2n1. The van der Waals surface area contributed by atoms with Crippen molar-refractivity contribution in [2.45, 2.75) is 44.3 Å². The van der Waals surface area contributed by atoms with Gasteiger partial charge in [0.2, 0.25) is 0 Å². The predicted octanol–water partition coefficient (Wildman–Crippen LogP) is 3.86. The summed E-state index contributed by atoms with van der Waals surface area (Å²) in [6, 6.07) is 6.28. The third-order valence-corrected chi connectivity index (χ3v) is 5.32. The molecule has 0 unspecified atom stereocenters. The molecule has 4 nitrogen and oxygen atoms in total. The third-order valence-electron chi connectivity index (χ3n) is 3.41. The molecule has 1 atom stereocenters. The molecule has 0 amide bonds. The van der Waals surface area contributed by atoms with Crippen LogP contribution in [0.3, 0.4) is 0 Å². The molecule has 0 N–H and O–H groups in total. The van der Waals surface area contributed by atoms with Crippen molar-refractivity contribution in [1.29, 1.82) is 0 Å². The fourth-order valence-electron chi connectivity index (χ4n) is 2.08. The normalized spacial score (nSPS) is 17.7. The Morgan fingerprint density at radius 3 is 2.71 bits per heavy atom. The Bertz CT molecular complexity index is 741. The Labute approximate surface area is 135 Å². The number of halogens is 1. The number of nitrogens with zero attached hydrogens (tertiary/aromatic N) is 3. The van der Waals surface area contributed by atoms with Gasteiger partial charge in [0.05, 0.1) is 16.5 Å². The summed E-state index contributed by atoms with van der Waals surface area (Å²) in [5.74, 6) is 0.701. The van der Waals surface area contributed by atoms with Crippen LogP contribution >= 0.6 is 15.9 Å². The van der Waals surface area contributed by atoms with Crippen molar-refractivity contribution in [2.75, 3.05) is 0 Å². The van der Waals surface area contributed by atoms with Crippen LogP contribution in [0.5, 0.6) is 0 Å². The molecule has 0 saturated heterocycles. The molecule has 0 radical (unpaired) electrons. The van der Waals surface area contributed by atoms with E-state index in [1.165, 1.54) is 18.4 Å². The van der Waals surface area contributed by atoms with Crippen LogP contribution in [-0.2, 0) is 11.0 Å². The van der Waals surface area contributed by atoms with Crippen LogP contribution in [0.1, 0.15) is 50.8 Å². The first kappa shape index (κ1) is 14.9. The van der Waals surface area contributed by atoms with Gasteiger partial charge in [0.1, 0.15) is 21.3 Å². The predicted molar refractivity (Wildman–Crippen MR) is 90.4 cm³/mol. The Morgan fingerprint density at radius 1 is 1.38 bits per heavy atom. The minimum Gasteiger partial charge on any atom is -0.234 e. The van der Waals surface area contributed by atoms with Crippen molar-refractivity contribution in [2.24, 2.45) is 4.40 Å². The molecule has 112 valence electrons. The molecule has 0 aromatic carbocycles. The molecule has 3 rings (SSSR count). The van der Waals surface area contributed by atoms with Gasteiger partial charge < -0.3 is 0 Å². The highest BCUT2D eigenvalue weighted by Gasteiger charge is 2.24. The molecule has 21 heavy (non-hydrogen) atoms. The number of hydrogen-bond donors (Lipinski definition) is 0. The monoisotopic (exact) mass is 367 g/mol. The van der Waals surface area contributed by atoms with Gasteiger partial charge in [0, 0.05) is 0 Å². The number of fused-ring (bicyclic) bond motifs is 1. The Kier molecular flexibility index (Phi) is 3.78. The summed E-state index contributed by atoms with van der Waals surface area (Å²) >= 11 is 3.56. The zero-order chi connectivity index (χ0) is 15.2. The van der Waals surface area contributed by atoms with Crippen molar-refractivity contribution >= 4 is 38.6 Å². The zero-order valence-electron chi connectivity index (χ0n) is 12.3. The summed E-state index contributed by atoms with van der Waals surface area (Å²) in [6.07, 6.45) is 4.14. The second kappa shape index (κ2) is 5.32. The molecule has 6 heteroatoms. The molecule has 1 aliphatic carbocycles. The van der Waals surface area contributed by atoms with E-state index in [9.17, 15) is 4.21 Å². The molecule has 0 bridgehead atoms. The van der Waals surface area contributed by atoms with Crippen LogP contribution in [-0.4, -0.2) is 24.8 Å². The summed E-state index contributed by atoms with van der Waals surface area (Å²) in [7, 11) is -1.26. The van der Waals surface area contributed by atoms with Gasteiger partial charge in [0.15, 0.2) is 0 Å². The second-order valence-electron chi connectivity index (χ2n) is 6.39. The van der Waals surface area contributed by atoms with Crippen LogP contribution in [0.15, 0.2) is 27.2 Å². The first-order valence-electron chi connectivity index (χ1n) is 7.00. The van der Waals surface area contributed by atoms with E-state index < -0.39 is 11.0 Å². The van der Waals surface area contributed by atoms with Crippen LogP contribution in [0.4, 0.5) is 0 Å². The highest BCUT2D eigenvalue weighted by Crippen LogP contribution is 2.41. The molecule has 0 spiro atoms. The highest BCUT2D eigenvalue weighted by molar-refractivity contribution is 9.10.